The van der Waals surface area contributed by atoms with Crippen molar-refractivity contribution in [1.82, 2.24) is 10.2 Å². The molecule has 0 aromatic heterocycles. The van der Waals surface area contributed by atoms with Crippen molar-refractivity contribution in [2.45, 2.75) is 37.8 Å². The first-order valence-corrected chi connectivity index (χ1v) is 8.06. The third-order valence-electron chi connectivity index (χ3n) is 4.42. The number of benzene rings is 1. The highest BCUT2D eigenvalue weighted by Gasteiger charge is 2.32. The third-order valence-corrected chi connectivity index (χ3v) is 4.66. The van der Waals surface area contributed by atoms with E-state index in [2.05, 4.69) is 10.2 Å². The van der Waals surface area contributed by atoms with Gasteiger partial charge in [-0.25, -0.2) is 0 Å². The highest BCUT2D eigenvalue weighted by atomic mass is 35.5. The van der Waals surface area contributed by atoms with Gasteiger partial charge in [0, 0.05) is 23.7 Å². The Balaban J connectivity index is 1.47. The Morgan fingerprint density at radius 1 is 1.30 bits per heavy atom. The highest BCUT2D eigenvalue weighted by molar-refractivity contribution is 6.30. The minimum absolute atomic E-state index is 0.698. The molecular formula is C16H23ClN2O. The predicted octanol–water partition coefficient (Wildman–Crippen LogP) is 2.94. The Kier molecular flexibility index (Phi) is 4.81. The number of halogens is 1. The molecule has 2 heterocycles. The molecule has 1 N–H and O–H groups in total. The highest BCUT2D eigenvalue weighted by Crippen LogP contribution is 2.24. The van der Waals surface area contributed by atoms with Crippen LogP contribution in [0.5, 0.6) is 5.75 Å². The maximum Gasteiger partial charge on any atom is 0.120 e. The SMILES string of the molecule is Clc1cccc(OCCN2CCCC2C2CCCN2)c1. The lowest BCUT2D eigenvalue weighted by atomic mass is 10.0. The molecular weight excluding hydrogens is 272 g/mol. The van der Waals surface area contributed by atoms with Crippen molar-refractivity contribution in [3.63, 3.8) is 0 Å². The van der Waals surface area contributed by atoms with E-state index in [4.69, 9.17) is 16.3 Å². The molecule has 1 aromatic carbocycles. The molecule has 0 spiro atoms. The van der Waals surface area contributed by atoms with Gasteiger partial charge in [0.2, 0.25) is 0 Å². The van der Waals surface area contributed by atoms with Crippen molar-refractivity contribution < 1.29 is 4.74 Å². The number of hydrogen-bond acceptors (Lipinski definition) is 3. The lowest BCUT2D eigenvalue weighted by Crippen LogP contribution is -2.45. The van der Waals surface area contributed by atoms with E-state index < -0.39 is 0 Å². The van der Waals surface area contributed by atoms with Gasteiger partial charge >= 0.3 is 0 Å². The summed E-state index contributed by atoms with van der Waals surface area (Å²) in [5.74, 6) is 0.868. The molecule has 3 rings (SSSR count). The number of likely N-dealkylation sites (tertiary alicyclic amines) is 1. The van der Waals surface area contributed by atoms with Crippen molar-refractivity contribution in [2.75, 3.05) is 26.2 Å². The van der Waals surface area contributed by atoms with E-state index in [1.165, 1.54) is 38.8 Å². The zero-order valence-electron chi connectivity index (χ0n) is 11.9. The van der Waals surface area contributed by atoms with E-state index in [0.717, 1.165) is 23.9 Å². The van der Waals surface area contributed by atoms with Crippen LogP contribution in [0.1, 0.15) is 25.7 Å². The number of nitrogens with one attached hydrogen (secondary N) is 1. The van der Waals surface area contributed by atoms with Gasteiger partial charge in [0.15, 0.2) is 0 Å². The van der Waals surface area contributed by atoms with Gasteiger partial charge in [0.05, 0.1) is 0 Å². The van der Waals surface area contributed by atoms with Gasteiger partial charge in [0.1, 0.15) is 12.4 Å². The van der Waals surface area contributed by atoms with Gasteiger partial charge in [-0.05, 0) is 57.0 Å². The quantitative estimate of drug-likeness (QED) is 0.904. The lowest BCUT2D eigenvalue weighted by molar-refractivity contribution is 0.174. The summed E-state index contributed by atoms with van der Waals surface area (Å²) in [6.45, 7) is 4.15. The molecule has 0 aliphatic carbocycles. The summed E-state index contributed by atoms with van der Waals surface area (Å²) in [5.41, 5.74) is 0. The van der Waals surface area contributed by atoms with E-state index in [-0.39, 0.29) is 0 Å². The maximum atomic E-state index is 5.96. The van der Waals surface area contributed by atoms with Crippen LogP contribution in [-0.2, 0) is 0 Å². The molecule has 20 heavy (non-hydrogen) atoms. The van der Waals surface area contributed by atoms with Gasteiger partial charge in [-0.15, -0.1) is 0 Å². The van der Waals surface area contributed by atoms with Crippen LogP contribution in [0.3, 0.4) is 0 Å². The number of nitrogens with zero attached hydrogens (tertiary/aromatic N) is 1. The number of hydrogen-bond donors (Lipinski definition) is 1. The molecule has 0 saturated carbocycles. The molecule has 0 bridgehead atoms. The molecule has 2 fully saturated rings. The predicted molar refractivity (Wildman–Crippen MR) is 82.6 cm³/mol. The van der Waals surface area contributed by atoms with Gasteiger partial charge in [-0.2, -0.15) is 0 Å². The van der Waals surface area contributed by atoms with E-state index in [0.29, 0.717) is 12.1 Å². The number of rotatable bonds is 5. The molecule has 2 unspecified atom stereocenters. The van der Waals surface area contributed by atoms with Gasteiger partial charge in [-0.3, -0.25) is 4.90 Å². The summed E-state index contributed by atoms with van der Waals surface area (Å²) in [6.07, 6.45) is 5.30. The van der Waals surface area contributed by atoms with E-state index >= 15 is 0 Å². The fourth-order valence-electron chi connectivity index (χ4n) is 3.46. The van der Waals surface area contributed by atoms with Crippen LogP contribution >= 0.6 is 11.6 Å². The minimum atomic E-state index is 0.698. The average Bonchev–Trinajstić information content (AvgIpc) is 3.09. The van der Waals surface area contributed by atoms with Gasteiger partial charge < -0.3 is 10.1 Å². The summed E-state index contributed by atoms with van der Waals surface area (Å²) in [6, 6.07) is 9.05. The minimum Gasteiger partial charge on any atom is -0.492 e. The summed E-state index contributed by atoms with van der Waals surface area (Å²) in [5, 5.41) is 4.38. The molecule has 4 heteroatoms. The van der Waals surface area contributed by atoms with Crippen molar-refractivity contribution in [3.8, 4) is 5.75 Å². The van der Waals surface area contributed by atoms with Crippen LogP contribution in [0.25, 0.3) is 0 Å². The Morgan fingerprint density at radius 3 is 3.05 bits per heavy atom. The molecule has 3 nitrogen and oxygen atoms in total. The molecule has 2 aliphatic heterocycles. The van der Waals surface area contributed by atoms with Crippen LogP contribution in [0, 0.1) is 0 Å². The summed E-state index contributed by atoms with van der Waals surface area (Å²) in [4.78, 5) is 2.59. The first-order valence-electron chi connectivity index (χ1n) is 7.69. The third kappa shape index (κ3) is 3.46. The van der Waals surface area contributed by atoms with Crippen LogP contribution in [0.2, 0.25) is 5.02 Å². The standard InChI is InChI=1S/C16H23ClN2O/c17-13-4-1-5-14(12-13)20-11-10-19-9-3-7-16(19)15-6-2-8-18-15/h1,4-5,12,15-16,18H,2-3,6-11H2. The second-order valence-electron chi connectivity index (χ2n) is 5.75. The van der Waals surface area contributed by atoms with Crippen LogP contribution < -0.4 is 10.1 Å². The molecule has 2 aliphatic rings. The Bertz CT molecular complexity index is 434. The number of ether oxygens (including phenoxy) is 1. The van der Waals surface area contributed by atoms with Crippen molar-refractivity contribution in [3.05, 3.63) is 29.3 Å². The van der Waals surface area contributed by atoms with Crippen LogP contribution in [0.4, 0.5) is 0 Å². The normalized spacial score (nSPS) is 27.1. The topological polar surface area (TPSA) is 24.5 Å². The first-order chi connectivity index (χ1) is 9.83. The second kappa shape index (κ2) is 6.79. The monoisotopic (exact) mass is 294 g/mol. The average molecular weight is 295 g/mol. The molecule has 0 amide bonds. The van der Waals surface area contributed by atoms with Crippen LogP contribution in [0.15, 0.2) is 24.3 Å². The molecule has 2 saturated heterocycles. The molecule has 0 radical (unpaired) electrons. The zero-order chi connectivity index (χ0) is 13.8. The lowest BCUT2D eigenvalue weighted by Gasteiger charge is -2.29. The van der Waals surface area contributed by atoms with E-state index in [9.17, 15) is 0 Å². The van der Waals surface area contributed by atoms with Crippen molar-refractivity contribution in [1.29, 1.82) is 0 Å². The smallest absolute Gasteiger partial charge is 0.120 e. The van der Waals surface area contributed by atoms with Crippen molar-refractivity contribution in [2.24, 2.45) is 0 Å². The van der Waals surface area contributed by atoms with Gasteiger partial charge in [0.25, 0.3) is 0 Å². The Morgan fingerprint density at radius 2 is 2.25 bits per heavy atom. The molecule has 1 aromatic rings. The summed E-state index contributed by atoms with van der Waals surface area (Å²) < 4.78 is 5.81. The maximum absolute atomic E-state index is 5.96. The summed E-state index contributed by atoms with van der Waals surface area (Å²) >= 11 is 5.96. The first kappa shape index (κ1) is 14.2. The van der Waals surface area contributed by atoms with E-state index in [1.807, 2.05) is 24.3 Å². The largest absolute Gasteiger partial charge is 0.492 e. The zero-order valence-corrected chi connectivity index (χ0v) is 12.6. The molecule has 2 atom stereocenters. The molecule has 110 valence electrons. The van der Waals surface area contributed by atoms with E-state index in [1.54, 1.807) is 0 Å². The second-order valence-corrected chi connectivity index (χ2v) is 6.19. The fourth-order valence-corrected chi connectivity index (χ4v) is 3.64. The Labute approximate surface area is 126 Å². The van der Waals surface area contributed by atoms with Crippen molar-refractivity contribution >= 4 is 11.6 Å². The van der Waals surface area contributed by atoms with Gasteiger partial charge in [-0.1, -0.05) is 17.7 Å². The fraction of sp³-hybridized carbons (Fsp3) is 0.625. The van der Waals surface area contributed by atoms with Crippen LogP contribution in [-0.4, -0.2) is 43.2 Å². The Hall–Kier alpha value is -0.770. The summed E-state index contributed by atoms with van der Waals surface area (Å²) in [7, 11) is 0.